The fraction of sp³-hybridized carbons (Fsp3) is 0.917. The van der Waals surface area contributed by atoms with Crippen molar-refractivity contribution >= 4 is 5.78 Å². The Hall–Kier alpha value is -0.370. The average molecular weight is 195 g/mol. The van der Waals surface area contributed by atoms with Gasteiger partial charge in [0.25, 0.3) is 0 Å². The molecule has 0 unspecified atom stereocenters. The van der Waals surface area contributed by atoms with E-state index in [9.17, 15) is 4.79 Å². The second-order valence-corrected chi connectivity index (χ2v) is 4.85. The lowest BCUT2D eigenvalue weighted by molar-refractivity contribution is -0.123. The second-order valence-electron chi connectivity index (χ2n) is 4.85. The number of piperidine rings is 1. The predicted molar refractivity (Wildman–Crippen MR) is 57.2 cm³/mol. The van der Waals surface area contributed by atoms with Crippen molar-refractivity contribution in [1.29, 1.82) is 0 Å². The fourth-order valence-corrected chi connectivity index (χ4v) is 2.78. The molecule has 2 fully saturated rings. The highest BCUT2D eigenvalue weighted by atomic mass is 16.1. The van der Waals surface area contributed by atoms with Crippen molar-refractivity contribution in [2.45, 2.75) is 44.9 Å². The van der Waals surface area contributed by atoms with Crippen LogP contribution in [0.2, 0.25) is 0 Å². The smallest absolute Gasteiger partial charge is 0.136 e. The average Bonchev–Trinajstić information content (AvgIpc) is 2.72. The molecule has 2 heteroatoms. The summed E-state index contributed by atoms with van der Waals surface area (Å²) in [7, 11) is 0. The van der Waals surface area contributed by atoms with Crippen LogP contribution in [0.5, 0.6) is 0 Å². The van der Waals surface area contributed by atoms with Crippen molar-refractivity contribution < 1.29 is 4.79 Å². The maximum absolute atomic E-state index is 11.9. The van der Waals surface area contributed by atoms with Gasteiger partial charge in [-0.15, -0.1) is 0 Å². The van der Waals surface area contributed by atoms with Crippen LogP contribution in [-0.4, -0.2) is 18.9 Å². The van der Waals surface area contributed by atoms with Gasteiger partial charge in [-0.1, -0.05) is 12.8 Å². The van der Waals surface area contributed by atoms with Gasteiger partial charge < -0.3 is 5.32 Å². The zero-order valence-corrected chi connectivity index (χ0v) is 8.93. The van der Waals surface area contributed by atoms with Gasteiger partial charge >= 0.3 is 0 Å². The first-order chi connectivity index (χ1) is 6.86. The monoisotopic (exact) mass is 195 g/mol. The Labute approximate surface area is 86.5 Å². The molecule has 0 radical (unpaired) electrons. The largest absolute Gasteiger partial charge is 0.317 e. The molecule has 0 aromatic heterocycles. The van der Waals surface area contributed by atoms with Crippen molar-refractivity contribution in [3.05, 3.63) is 0 Å². The molecule has 1 aliphatic carbocycles. The van der Waals surface area contributed by atoms with Crippen molar-refractivity contribution in [3.63, 3.8) is 0 Å². The molecule has 1 heterocycles. The third-order valence-electron chi connectivity index (χ3n) is 3.76. The molecule has 2 nitrogen and oxygen atoms in total. The van der Waals surface area contributed by atoms with E-state index < -0.39 is 0 Å². The van der Waals surface area contributed by atoms with Gasteiger partial charge in [-0.3, -0.25) is 4.79 Å². The molecule has 80 valence electrons. The van der Waals surface area contributed by atoms with E-state index in [1.807, 2.05) is 0 Å². The van der Waals surface area contributed by atoms with Crippen LogP contribution in [0.3, 0.4) is 0 Å². The summed E-state index contributed by atoms with van der Waals surface area (Å²) in [5, 5.41) is 3.35. The highest BCUT2D eigenvalue weighted by molar-refractivity contribution is 5.81. The van der Waals surface area contributed by atoms with E-state index in [2.05, 4.69) is 5.32 Å². The van der Waals surface area contributed by atoms with Gasteiger partial charge in [0, 0.05) is 12.3 Å². The topological polar surface area (TPSA) is 29.1 Å². The van der Waals surface area contributed by atoms with Gasteiger partial charge in [-0.05, 0) is 44.7 Å². The molecular formula is C12H21NO. The first-order valence-corrected chi connectivity index (χ1v) is 6.09. The summed E-state index contributed by atoms with van der Waals surface area (Å²) in [5.41, 5.74) is 0. The van der Waals surface area contributed by atoms with Crippen LogP contribution in [-0.2, 0) is 4.79 Å². The minimum absolute atomic E-state index is 0.435. The molecule has 0 spiro atoms. The number of hydrogen-bond donors (Lipinski definition) is 1. The third kappa shape index (κ3) is 2.57. The molecule has 1 aliphatic heterocycles. The minimum atomic E-state index is 0.435. The van der Waals surface area contributed by atoms with Crippen molar-refractivity contribution in [2.75, 3.05) is 13.1 Å². The van der Waals surface area contributed by atoms with E-state index in [1.165, 1.54) is 38.5 Å². The number of hydrogen-bond acceptors (Lipinski definition) is 2. The lowest BCUT2D eigenvalue weighted by Crippen LogP contribution is -2.29. The standard InChI is InChI=1S/C12H21NO/c14-12(11-3-1-2-4-11)9-10-5-7-13-8-6-10/h10-11,13H,1-9H2. The van der Waals surface area contributed by atoms with E-state index in [0.717, 1.165) is 19.5 Å². The molecule has 0 atom stereocenters. The van der Waals surface area contributed by atoms with Gasteiger partial charge in [0.2, 0.25) is 0 Å². The molecule has 0 bridgehead atoms. The summed E-state index contributed by atoms with van der Waals surface area (Å²) in [6.07, 6.45) is 8.18. The summed E-state index contributed by atoms with van der Waals surface area (Å²) >= 11 is 0. The van der Waals surface area contributed by atoms with Crippen LogP contribution in [0.4, 0.5) is 0 Å². The Morgan fingerprint density at radius 1 is 1.07 bits per heavy atom. The van der Waals surface area contributed by atoms with Crippen LogP contribution < -0.4 is 5.32 Å². The Morgan fingerprint density at radius 3 is 2.36 bits per heavy atom. The molecule has 14 heavy (non-hydrogen) atoms. The summed E-state index contributed by atoms with van der Waals surface area (Å²) < 4.78 is 0. The molecule has 1 saturated heterocycles. The summed E-state index contributed by atoms with van der Waals surface area (Å²) in [5.74, 6) is 1.68. The van der Waals surface area contributed by atoms with E-state index in [4.69, 9.17) is 0 Å². The van der Waals surface area contributed by atoms with Gasteiger partial charge in [0.15, 0.2) is 0 Å². The number of carbonyl (C=O) groups is 1. The van der Waals surface area contributed by atoms with Crippen molar-refractivity contribution in [2.24, 2.45) is 11.8 Å². The molecular weight excluding hydrogens is 174 g/mol. The Kier molecular flexibility index (Phi) is 3.57. The third-order valence-corrected chi connectivity index (χ3v) is 3.76. The summed E-state index contributed by atoms with van der Waals surface area (Å²) in [6, 6.07) is 0. The van der Waals surface area contributed by atoms with Crippen LogP contribution in [0.1, 0.15) is 44.9 Å². The van der Waals surface area contributed by atoms with Gasteiger partial charge in [-0.2, -0.15) is 0 Å². The molecule has 2 aliphatic rings. The molecule has 1 N–H and O–H groups in total. The molecule has 0 amide bonds. The normalized spacial score (nSPS) is 25.4. The minimum Gasteiger partial charge on any atom is -0.317 e. The summed E-state index contributed by atoms with van der Waals surface area (Å²) in [6.45, 7) is 2.23. The second kappa shape index (κ2) is 4.92. The van der Waals surface area contributed by atoms with Gasteiger partial charge in [0.05, 0.1) is 0 Å². The number of nitrogens with one attached hydrogen (secondary N) is 1. The summed E-state index contributed by atoms with van der Waals surface area (Å²) in [4.78, 5) is 11.9. The Balaban J connectivity index is 1.75. The maximum atomic E-state index is 11.9. The molecule has 0 aromatic rings. The molecule has 2 rings (SSSR count). The van der Waals surface area contributed by atoms with E-state index >= 15 is 0 Å². The van der Waals surface area contributed by atoms with Gasteiger partial charge in [0.1, 0.15) is 5.78 Å². The predicted octanol–water partition coefficient (Wildman–Crippen LogP) is 2.14. The number of Topliss-reactive ketones (excluding diaryl/α,β-unsaturated/α-hetero) is 1. The van der Waals surface area contributed by atoms with Crippen molar-refractivity contribution in [1.82, 2.24) is 5.32 Å². The Bertz CT molecular complexity index is 190. The Morgan fingerprint density at radius 2 is 1.71 bits per heavy atom. The van der Waals surface area contributed by atoms with Crippen LogP contribution in [0.25, 0.3) is 0 Å². The SMILES string of the molecule is O=C(CC1CCNCC1)C1CCCC1. The fourth-order valence-electron chi connectivity index (χ4n) is 2.78. The zero-order chi connectivity index (χ0) is 9.80. The quantitative estimate of drug-likeness (QED) is 0.747. The number of ketones is 1. The van der Waals surface area contributed by atoms with E-state index in [-0.39, 0.29) is 0 Å². The highest BCUT2D eigenvalue weighted by Gasteiger charge is 2.25. The number of carbonyl (C=O) groups excluding carboxylic acids is 1. The molecule has 1 saturated carbocycles. The van der Waals surface area contributed by atoms with E-state index in [1.54, 1.807) is 0 Å². The van der Waals surface area contributed by atoms with Crippen LogP contribution in [0, 0.1) is 11.8 Å². The molecule has 0 aromatic carbocycles. The first kappa shape index (κ1) is 10.2. The van der Waals surface area contributed by atoms with Gasteiger partial charge in [-0.25, -0.2) is 0 Å². The highest BCUT2D eigenvalue weighted by Crippen LogP contribution is 2.29. The number of rotatable bonds is 3. The van der Waals surface area contributed by atoms with E-state index in [0.29, 0.717) is 17.6 Å². The van der Waals surface area contributed by atoms with Crippen LogP contribution in [0.15, 0.2) is 0 Å². The lowest BCUT2D eigenvalue weighted by atomic mass is 9.88. The van der Waals surface area contributed by atoms with Crippen LogP contribution >= 0.6 is 0 Å². The first-order valence-electron chi connectivity index (χ1n) is 6.09. The van der Waals surface area contributed by atoms with Crippen molar-refractivity contribution in [3.8, 4) is 0 Å². The maximum Gasteiger partial charge on any atom is 0.136 e. The zero-order valence-electron chi connectivity index (χ0n) is 8.93. The lowest BCUT2D eigenvalue weighted by Gasteiger charge is -2.22.